The van der Waals surface area contributed by atoms with Crippen LogP contribution in [0.2, 0.25) is 0 Å². The van der Waals surface area contributed by atoms with Gasteiger partial charge in [-0.2, -0.15) is 4.98 Å². The Morgan fingerprint density at radius 2 is 2.24 bits per heavy atom. The molecule has 0 atom stereocenters. The van der Waals surface area contributed by atoms with Gasteiger partial charge in [-0.15, -0.1) is 5.10 Å². The van der Waals surface area contributed by atoms with E-state index in [0.29, 0.717) is 42.9 Å². The zero-order valence-electron chi connectivity index (χ0n) is 12.1. The van der Waals surface area contributed by atoms with E-state index in [4.69, 9.17) is 9.26 Å². The predicted molar refractivity (Wildman–Crippen MR) is 70.7 cm³/mol. The summed E-state index contributed by atoms with van der Waals surface area (Å²) in [4.78, 5) is 16.2. The molecule has 1 fully saturated rings. The number of aryl methyl sites for hydroxylation is 1. The third-order valence-electron chi connectivity index (χ3n) is 3.31. The van der Waals surface area contributed by atoms with Gasteiger partial charge in [-0.3, -0.25) is 0 Å². The van der Waals surface area contributed by atoms with Crippen molar-refractivity contribution in [2.24, 2.45) is 0 Å². The number of hydrogen-bond acceptors (Lipinski definition) is 7. The van der Waals surface area contributed by atoms with Gasteiger partial charge in [0.1, 0.15) is 6.54 Å². The van der Waals surface area contributed by atoms with Crippen molar-refractivity contribution in [3.05, 3.63) is 23.1 Å². The van der Waals surface area contributed by atoms with Crippen molar-refractivity contribution in [1.82, 2.24) is 25.1 Å². The Morgan fingerprint density at radius 3 is 2.86 bits per heavy atom. The second-order valence-electron chi connectivity index (χ2n) is 4.93. The number of esters is 1. The minimum absolute atomic E-state index is 0.304. The number of hydrogen-bond donors (Lipinski definition) is 0. The van der Waals surface area contributed by atoms with E-state index >= 15 is 0 Å². The fourth-order valence-corrected chi connectivity index (χ4v) is 2.17. The summed E-state index contributed by atoms with van der Waals surface area (Å²) in [5, 5.41) is 11.9. The third-order valence-corrected chi connectivity index (χ3v) is 3.31. The van der Waals surface area contributed by atoms with Gasteiger partial charge in [0, 0.05) is 12.3 Å². The fraction of sp³-hybridized carbons (Fsp3) is 0.615. The average molecular weight is 291 g/mol. The molecule has 0 aliphatic heterocycles. The van der Waals surface area contributed by atoms with Gasteiger partial charge in [-0.1, -0.05) is 17.3 Å². The van der Waals surface area contributed by atoms with Crippen molar-refractivity contribution in [3.8, 4) is 0 Å². The van der Waals surface area contributed by atoms with Crippen molar-refractivity contribution in [1.29, 1.82) is 0 Å². The molecular weight excluding hydrogens is 274 g/mol. The first-order chi connectivity index (χ1) is 10.2. The first-order valence-corrected chi connectivity index (χ1v) is 7.14. The van der Waals surface area contributed by atoms with E-state index in [1.165, 1.54) is 0 Å². The number of ether oxygens (including phenoxy) is 1. The van der Waals surface area contributed by atoms with Crippen molar-refractivity contribution < 1.29 is 14.1 Å². The van der Waals surface area contributed by atoms with Crippen molar-refractivity contribution in [3.63, 3.8) is 0 Å². The number of rotatable bonds is 6. The lowest BCUT2D eigenvalue weighted by atomic mass is 10.2. The Bertz CT molecular complexity index is 644. The van der Waals surface area contributed by atoms with Crippen LogP contribution in [-0.2, 0) is 17.7 Å². The van der Waals surface area contributed by atoms with Crippen LogP contribution in [0.4, 0.5) is 0 Å². The molecule has 0 amide bonds. The average Bonchev–Trinajstić information content (AvgIpc) is 3.07. The highest BCUT2D eigenvalue weighted by Crippen LogP contribution is 2.41. The molecule has 8 heteroatoms. The molecule has 0 saturated heterocycles. The molecule has 1 saturated carbocycles. The summed E-state index contributed by atoms with van der Waals surface area (Å²) >= 11 is 0. The van der Waals surface area contributed by atoms with Gasteiger partial charge in [0.2, 0.25) is 5.89 Å². The Balaban J connectivity index is 1.86. The summed E-state index contributed by atoms with van der Waals surface area (Å²) in [7, 11) is 0. The molecule has 0 bridgehead atoms. The molecule has 0 radical (unpaired) electrons. The van der Waals surface area contributed by atoms with E-state index in [1.807, 2.05) is 6.92 Å². The highest BCUT2D eigenvalue weighted by Gasteiger charge is 2.34. The number of aromatic nitrogens is 5. The molecule has 0 aromatic carbocycles. The standard InChI is InChI=1S/C13H17N5O3/c1-3-10-14-9(16-21-10)7-18-12(8-5-6-8)11(15-17-18)13(19)20-4-2/h8H,3-7H2,1-2H3. The Morgan fingerprint density at radius 1 is 1.43 bits per heavy atom. The molecule has 112 valence electrons. The molecule has 2 aromatic rings. The van der Waals surface area contributed by atoms with Crippen LogP contribution in [0.3, 0.4) is 0 Å². The number of carbonyl (C=O) groups excluding carboxylic acids is 1. The Kier molecular flexibility index (Phi) is 3.68. The lowest BCUT2D eigenvalue weighted by molar-refractivity contribution is 0.0518. The van der Waals surface area contributed by atoms with Crippen LogP contribution in [0.5, 0.6) is 0 Å². The molecule has 0 N–H and O–H groups in total. The van der Waals surface area contributed by atoms with E-state index in [-0.39, 0.29) is 0 Å². The molecule has 2 aromatic heterocycles. The summed E-state index contributed by atoms with van der Waals surface area (Å²) in [6.07, 6.45) is 2.76. The van der Waals surface area contributed by atoms with Gasteiger partial charge in [0.25, 0.3) is 0 Å². The zero-order chi connectivity index (χ0) is 14.8. The largest absolute Gasteiger partial charge is 0.461 e. The van der Waals surface area contributed by atoms with Crippen LogP contribution >= 0.6 is 0 Å². The maximum atomic E-state index is 11.9. The summed E-state index contributed by atoms with van der Waals surface area (Å²) in [6, 6.07) is 0. The topological polar surface area (TPSA) is 95.9 Å². The van der Waals surface area contributed by atoms with Crippen molar-refractivity contribution in [2.75, 3.05) is 6.61 Å². The van der Waals surface area contributed by atoms with Crippen LogP contribution in [0, 0.1) is 0 Å². The minimum Gasteiger partial charge on any atom is -0.461 e. The van der Waals surface area contributed by atoms with Gasteiger partial charge in [0.05, 0.1) is 12.3 Å². The van der Waals surface area contributed by atoms with Crippen LogP contribution in [-0.4, -0.2) is 37.7 Å². The Labute approximate surface area is 121 Å². The maximum absolute atomic E-state index is 11.9. The molecule has 1 aliphatic carbocycles. The van der Waals surface area contributed by atoms with E-state index < -0.39 is 5.97 Å². The van der Waals surface area contributed by atoms with E-state index in [0.717, 1.165) is 18.5 Å². The van der Waals surface area contributed by atoms with E-state index in [9.17, 15) is 4.79 Å². The summed E-state index contributed by atoms with van der Waals surface area (Å²) < 4.78 is 11.8. The first kappa shape index (κ1) is 13.7. The summed E-state index contributed by atoms with van der Waals surface area (Å²) in [5.74, 6) is 1.02. The summed E-state index contributed by atoms with van der Waals surface area (Å²) in [5.41, 5.74) is 1.12. The van der Waals surface area contributed by atoms with Gasteiger partial charge in [-0.25, -0.2) is 9.48 Å². The van der Waals surface area contributed by atoms with Crippen LogP contribution in [0.1, 0.15) is 60.5 Å². The minimum atomic E-state index is -0.423. The van der Waals surface area contributed by atoms with Gasteiger partial charge < -0.3 is 9.26 Å². The van der Waals surface area contributed by atoms with Crippen LogP contribution in [0.25, 0.3) is 0 Å². The highest BCUT2D eigenvalue weighted by atomic mass is 16.5. The van der Waals surface area contributed by atoms with Crippen molar-refractivity contribution >= 4 is 5.97 Å². The molecule has 0 unspecified atom stereocenters. The third kappa shape index (κ3) is 2.79. The van der Waals surface area contributed by atoms with Crippen molar-refractivity contribution in [2.45, 2.75) is 45.6 Å². The normalized spacial score (nSPS) is 14.4. The lowest BCUT2D eigenvalue weighted by Crippen LogP contribution is -2.11. The lowest BCUT2D eigenvalue weighted by Gasteiger charge is -2.04. The second kappa shape index (κ2) is 5.63. The van der Waals surface area contributed by atoms with Gasteiger partial charge in [0.15, 0.2) is 11.5 Å². The van der Waals surface area contributed by atoms with E-state index in [2.05, 4.69) is 20.5 Å². The van der Waals surface area contributed by atoms with Gasteiger partial charge >= 0.3 is 5.97 Å². The molecular formula is C13H17N5O3. The Hall–Kier alpha value is -2.25. The maximum Gasteiger partial charge on any atom is 0.360 e. The molecule has 3 rings (SSSR count). The van der Waals surface area contributed by atoms with Crippen LogP contribution < -0.4 is 0 Å². The number of carbonyl (C=O) groups is 1. The molecule has 0 spiro atoms. The smallest absolute Gasteiger partial charge is 0.360 e. The second-order valence-corrected chi connectivity index (χ2v) is 4.93. The predicted octanol–water partition coefficient (Wildman–Crippen LogP) is 1.33. The summed E-state index contributed by atoms with van der Waals surface area (Å²) in [6.45, 7) is 4.38. The monoisotopic (exact) mass is 291 g/mol. The quantitative estimate of drug-likeness (QED) is 0.740. The molecule has 8 nitrogen and oxygen atoms in total. The number of nitrogens with zero attached hydrogens (tertiary/aromatic N) is 5. The van der Waals surface area contributed by atoms with Gasteiger partial charge in [-0.05, 0) is 19.8 Å². The molecule has 1 aliphatic rings. The first-order valence-electron chi connectivity index (χ1n) is 7.14. The molecule has 2 heterocycles. The van der Waals surface area contributed by atoms with E-state index in [1.54, 1.807) is 11.6 Å². The SMILES string of the molecule is CCOC(=O)c1nnn(Cc2noc(CC)n2)c1C1CC1. The highest BCUT2D eigenvalue weighted by molar-refractivity contribution is 5.88. The molecule has 21 heavy (non-hydrogen) atoms. The van der Waals surface area contributed by atoms with Crippen LogP contribution in [0.15, 0.2) is 4.52 Å². The fourth-order valence-electron chi connectivity index (χ4n) is 2.17. The zero-order valence-corrected chi connectivity index (χ0v) is 12.1.